The molecular formula is C34H44N8O2. The molecule has 2 amide bonds. The number of rotatable bonds is 8. The maximum absolute atomic E-state index is 12.2. The van der Waals surface area contributed by atoms with Crippen molar-refractivity contribution in [2.24, 2.45) is 11.7 Å². The van der Waals surface area contributed by atoms with Crippen molar-refractivity contribution < 1.29 is 9.59 Å². The van der Waals surface area contributed by atoms with E-state index in [0.717, 1.165) is 79.3 Å². The molecule has 0 aromatic carbocycles. The molecule has 0 atom stereocenters. The van der Waals surface area contributed by atoms with E-state index in [2.05, 4.69) is 96.6 Å². The van der Waals surface area contributed by atoms with Crippen LogP contribution in [0.15, 0.2) is 0 Å². The lowest BCUT2D eigenvalue weighted by atomic mass is 10.0. The smallest absolute Gasteiger partial charge is 0.234 e. The van der Waals surface area contributed by atoms with Crippen LogP contribution in [0.3, 0.4) is 0 Å². The molecule has 1 aliphatic rings. The summed E-state index contributed by atoms with van der Waals surface area (Å²) in [6.07, 6.45) is 12.0. The quantitative estimate of drug-likeness (QED) is 0.0754. The van der Waals surface area contributed by atoms with Crippen LogP contribution in [-0.4, -0.2) is 31.8 Å². The van der Waals surface area contributed by atoms with Gasteiger partial charge in [0.05, 0.1) is 0 Å². The van der Waals surface area contributed by atoms with Gasteiger partial charge in [-0.1, -0.05) is 13.8 Å². The van der Waals surface area contributed by atoms with Crippen LogP contribution in [0.25, 0.3) is 24.3 Å². The molecule has 44 heavy (non-hydrogen) atoms. The summed E-state index contributed by atoms with van der Waals surface area (Å²) in [5.41, 5.74) is 17.7. The number of fused-ring (bicyclic) bond motifs is 8. The second-order valence-electron chi connectivity index (χ2n) is 11.6. The highest BCUT2D eigenvalue weighted by Crippen LogP contribution is 2.23. The molecule has 5 rings (SSSR count). The molecule has 0 radical (unpaired) electrons. The number of aromatic amines is 4. The summed E-state index contributed by atoms with van der Waals surface area (Å²) >= 11 is 0. The third kappa shape index (κ3) is 5.70. The summed E-state index contributed by atoms with van der Waals surface area (Å²) in [6.45, 7) is 12.9. The highest BCUT2D eigenvalue weighted by molar-refractivity contribution is 5.76. The number of nitrogens with one attached hydrogen (secondary N) is 6. The zero-order chi connectivity index (χ0) is 31.7. The third-order valence-electron chi connectivity index (χ3n) is 9.19. The average Bonchev–Trinajstić information content (AvgIpc) is 3.67. The number of aromatic nitrogens is 4. The molecule has 1 aliphatic heterocycles. The van der Waals surface area contributed by atoms with Gasteiger partial charge in [0.15, 0.2) is 0 Å². The first kappa shape index (κ1) is 30.9. The maximum atomic E-state index is 12.2. The number of hydrazine groups is 2. The Morgan fingerprint density at radius 3 is 1.50 bits per heavy atom. The first-order valence-electron chi connectivity index (χ1n) is 15.3. The third-order valence-corrected chi connectivity index (χ3v) is 9.19. The lowest BCUT2D eigenvalue weighted by molar-refractivity contribution is -0.121. The van der Waals surface area contributed by atoms with E-state index in [9.17, 15) is 9.59 Å². The van der Waals surface area contributed by atoms with Crippen LogP contribution in [0.2, 0.25) is 0 Å². The summed E-state index contributed by atoms with van der Waals surface area (Å²) < 4.78 is 0. The van der Waals surface area contributed by atoms with Crippen molar-refractivity contribution >= 4 is 36.1 Å². The Bertz CT molecular complexity index is 2000. The van der Waals surface area contributed by atoms with Gasteiger partial charge in [0.25, 0.3) is 0 Å². The molecule has 0 saturated carbocycles. The molecule has 10 nitrogen and oxygen atoms in total. The largest absolute Gasteiger partial charge is 0.355 e. The van der Waals surface area contributed by atoms with E-state index in [0.29, 0.717) is 12.8 Å². The lowest BCUT2D eigenvalue weighted by Gasteiger charge is -2.03. The minimum absolute atomic E-state index is 0.220. The van der Waals surface area contributed by atoms with E-state index in [-0.39, 0.29) is 24.7 Å². The van der Waals surface area contributed by atoms with E-state index < -0.39 is 0 Å². The number of amides is 2. The van der Waals surface area contributed by atoms with Crippen LogP contribution in [0.1, 0.15) is 94.0 Å². The predicted octanol–water partition coefficient (Wildman–Crippen LogP) is 0.831. The number of carbonyl (C=O) groups excluding carboxylic acids is 2. The molecular weight excluding hydrogens is 552 g/mol. The van der Waals surface area contributed by atoms with Gasteiger partial charge in [0, 0.05) is 57.0 Å². The number of nitrogens with two attached hydrogens (primary N) is 2. The molecule has 4 aromatic heterocycles. The predicted molar refractivity (Wildman–Crippen MR) is 175 cm³/mol. The molecule has 10 heteroatoms. The van der Waals surface area contributed by atoms with Gasteiger partial charge in [-0.15, -0.1) is 0 Å². The Labute approximate surface area is 256 Å². The molecule has 10 N–H and O–H groups in total. The first-order valence-corrected chi connectivity index (χ1v) is 15.3. The molecule has 0 unspecified atom stereocenters. The minimum atomic E-state index is -0.221. The van der Waals surface area contributed by atoms with Gasteiger partial charge < -0.3 is 19.9 Å². The molecule has 4 aromatic rings. The van der Waals surface area contributed by atoms with Gasteiger partial charge in [-0.25, -0.2) is 11.7 Å². The number of hydrogen-bond acceptors (Lipinski definition) is 4. The topological polar surface area (TPSA) is 173 Å². The lowest BCUT2D eigenvalue weighted by Crippen LogP contribution is -2.30. The van der Waals surface area contributed by atoms with E-state index >= 15 is 0 Å². The Hall–Kier alpha value is -4.54. The summed E-state index contributed by atoms with van der Waals surface area (Å²) in [4.78, 5) is 39.0. The first-order chi connectivity index (χ1) is 21.1. The molecule has 0 saturated heterocycles. The molecule has 0 spiro atoms. The molecule has 8 bridgehead atoms. The fraction of sp³-hybridized carbons (Fsp3) is 0.353. The number of hydrogen-bond donors (Lipinski definition) is 8. The van der Waals surface area contributed by atoms with E-state index in [4.69, 9.17) is 11.7 Å². The van der Waals surface area contributed by atoms with Crippen LogP contribution in [-0.2, 0) is 35.3 Å². The van der Waals surface area contributed by atoms with Crippen molar-refractivity contribution in [2.75, 3.05) is 0 Å². The monoisotopic (exact) mass is 596 g/mol. The van der Waals surface area contributed by atoms with Crippen LogP contribution >= 0.6 is 0 Å². The van der Waals surface area contributed by atoms with Gasteiger partial charge in [0.2, 0.25) is 11.8 Å². The summed E-state index contributed by atoms with van der Waals surface area (Å²) in [6, 6.07) is 0. The fourth-order valence-electron chi connectivity index (χ4n) is 6.54. The maximum Gasteiger partial charge on any atom is 0.234 e. The van der Waals surface area contributed by atoms with Crippen LogP contribution in [0.4, 0.5) is 0 Å². The van der Waals surface area contributed by atoms with Crippen molar-refractivity contribution in [3.63, 3.8) is 0 Å². The number of carbonyl (C=O) groups is 2. The highest BCUT2D eigenvalue weighted by atomic mass is 16.2. The highest BCUT2D eigenvalue weighted by Gasteiger charge is 2.17. The summed E-state index contributed by atoms with van der Waals surface area (Å²) in [5.74, 6) is 10.4. The molecule has 0 aliphatic carbocycles. The zero-order valence-corrected chi connectivity index (χ0v) is 26.5. The Morgan fingerprint density at radius 1 is 0.545 bits per heavy atom. The van der Waals surface area contributed by atoms with Gasteiger partial charge in [-0.2, -0.15) is 0 Å². The van der Waals surface area contributed by atoms with Crippen molar-refractivity contribution in [1.29, 1.82) is 0 Å². The standard InChI is InChI=1S/C34H44N8O2/c1-7-21-17(3)25-13-26-19(5)23(9-11-33(43)41-35)31(39-26)16-32-24(10-12-34(44)42-36)20(6)28(40-32)15-30-22(8-2)18(4)27(38-30)14-29(21)37-25/h13-16,37-40H,7-12,35-36H2,1-6H3,(H,41,43)(H,42,44). The van der Waals surface area contributed by atoms with Crippen molar-refractivity contribution in [2.45, 2.75) is 80.1 Å². The minimum Gasteiger partial charge on any atom is -0.355 e. The fourth-order valence-corrected chi connectivity index (χ4v) is 6.54. The zero-order valence-electron chi connectivity index (χ0n) is 26.5. The number of H-pyrrole nitrogens is 4. The van der Waals surface area contributed by atoms with Crippen LogP contribution in [0, 0.1) is 27.7 Å². The Balaban J connectivity index is 1.87. The Morgan fingerprint density at radius 2 is 0.955 bits per heavy atom. The van der Waals surface area contributed by atoms with Crippen molar-refractivity contribution in [3.05, 3.63) is 88.7 Å². The van der Waals surface area contributed by atoms with Gasteiger partial charge in [0.1, 0.15) is 0 Å². The average molecular weight is 597 g/mol. The van der Waals surface area contributed by atoms with Crippen molar-refractivity contribution in [3.8, 4) is 0 Å². The van der Waals surface area contributed by atoms with Gasteiger partial charge in [-0.05, 0) is 122 Å². The van der Waals surface area contributed by atoms with Crippen LogP contribution < -0.4 is 43.9 Å². The summed E-state index contributed by atoms with van der Waals surface area (Å²) in [7, 11) is 0. The van der Waals surface area contributed by atoms with Gasteiger partial charge in [-0.3, -0.25) is 20.4 Å². The Kier molecular flexibility index (Phi) is 8.85. The molecule has 5 heterocycles. The van der Waals surface area contributed by atoms with Crippen molar-refractivity contribution in [1.82, 2.24) is 30.8 Å². The SMILES string of the molecule is CCc1c2[nH]c(c1C)C=c1[nH]c(c(CCC(=O)NN)c1C)=Cc1[nH]c(c(C)c1CCC(=O)NN)C=c1[nH]c(c(C)c1CC)=C2. The molecule has 232 valence electrons. The van der Waals surface area contributed by atoms with Gasteiger partial charge >= 0.3 is 0 Å². The second kappa shape index (κ2) is 12.6. The second-order valence-corrected chi connectivity index (χ2v) is 11.6. The van der Waals surface area contributed by atoms with Crippen LogP contribution in [0.5, 0.6) is 0 Å². The molecule has 0 fully saturated rings. The van der Waals surface area contributed by atoms with E-state index in [1.807, 2.05) is 0 Å². The van der Waals surface area contributed by atoms with E-state index in [1.54, 1.807) is 0 Å². The summed E-state index contributed by atoms with van der Waals surface area (Å²) in [5, 5.41) is 4.01. The normalized spacial score (nSPS) is 12.2. The van der Waals surface area contributed by atoms with E-state index in [1.165, 1.54) is 22.3 Å².